The van der Waals surface area contributed by atoms with E-state index < -0.39 is 5.56 Å². The average molecular weight is 238 g/mol. The third-order valence-electron chi connectivity index (χ3n) is 1.90. The maximum absolute atomic E-state index is 11.1. The lowest BCUT2D eigenvalue weighted by molar-refractivity contribution is 0.967. The Labute approximate surface area is 95.7 Å². The first-order chi connectivity index (χ1) is 7.77. The summed E-state index contributed by atoms with van der Waals surface area (Å²) in [6.07, 6.45) is 4.54. The number of hydrogen-bond acceptors (Lipinski definition) is 5. The number of rotatable bonds is 3. The Morgan fingerprint density at radius 2 is 2.38 bits per heavy atom. The van der Waals surface area contributed by atoms with Crippen LogP contribution in [0, 0.1) is 0 Å². The summed E-state index contributed by atoms with van der Waals surface area (Å²) < 4.78 is 0. The second-order valence-electron chi connectivity index (χ2n) is 2.98. The van der Waals surface area contributed by atoms with Crippen molar-refractivity contribution in [1.29, 1.82) is 0 Å². The summed E-state index contributed by atoms with van der Waals surface area (Å²) in [6, 6.07) is 1.77. The van der Waals surface area contributed by atoms with Crippen molar-refractivity contribution in [2.75, 3.05) is 5.32 Å². The summed E-state index contributed by atoms with van der Waals surface area (Å²) >= 11 is 5.78. The van der Waals surface area contributed by atoms with Crippen LogP contribution < -0.4 is 10.9 Å². The van der Waals surface area contributed by atoms with Crippen LogP contribution in [-0.2, 0) is 6.54 Å². The molecule has 2 rings (SSSR count). The molecular formula is C9H8ClN5O. The zero-order chi connectivity index (χ0) is 11.4. The second kappa shape index (κ2) is 4.71. The third kappa shape index (κ3) is 2.34. The van der Waals surface area contributed by atoms with Gasteiger partial charge in [0.15, 0.2) is 0 Å². The Kier molecular flexibility index (Phi) is 3.11. The van der Waals surface area contributed by atoms with Crippen molar-refractivity contribution >= 4 is 17.3 Å². The zero-order valence-electron chi connectivity index (χ0n) is 8.14. The topological polar surface area (TPSA) is 83.6 Å². The van der Waals surface area contributed by atoms with Crippen LogP contribution in [0.25, 0.3) is 0 Å². The molecule has 2 aromatic heterocycles. The minimum atomic E-state index is -0.422. The highest BCUT2D eigenvalue weighted by atomic mass is 35.5. The van der Waals surface area contributed by atoms with Crippen molar-refractivity contribution in [2.45, 2.75) is 6.54 Å². The fraction of sp³-hybridized carbons (Fsp3) is 0.111. The van der Waals surface area contributed by atoms with Gasteiger partial charge in [-0.15, -0.1) is 0 Å². The van der Waals surface area contributed by atoms with Gasteiger partial charge < -0.3 is 5.32 Å². The van der Waals surface area contributed by atoms with E-state index >= 15 is 0 Å². The molecule has 2 aromatic rings. The summed E-state index contributed by atoms with van der Waals surface area (Å²) in [6.45, 7) is 0.452. The van der Waals surface area contributed by atoms with Gasteiger partial charge in [0, 0.05) is 6.20 Å². The molecule has 0 fully saturated rings. The second-order valence-corrected chi connectivity index (χ2v) is 3.36. The van der Waals surface area contributed by atoms with Crippen LogP contribution in [0.15, 0.2) is 29.6 Å². The smallest absolute Gasteiger partial charge is 0.285 e. The van der Waals surface area contributed by atoms with Gasteiger partial charge in [0.05, 0.1) is 24.1 Å². The molecule has 0 bridgehead atoms. The van der Waals surface area contributed by atoms with Gasteiger partial charge in [-0.25, -0.2) is 15.1 Å². The van der Waals surface area contributed by atoms with Gasteiger partial charge in [-0.1, -0.05) is 11.6 Å². The number of hydrogen-bond donors (Lipinski definition) is 2. The van der Waals surface area contributed by atoms with Gasteiger partial charge in [0.2, 0.25) is 0 Å². The molecule has 0 aliphatic rings. The number of nitrogens with one attached hydrogen (secondary N) is 2. The molecule has 0 amide bonds. The molecular weight excluding hydrogens is 230 g/mol. The minimum Gasteiger partial charge on any atom is -0.377 e. The minimum absolute atomic E-state index is 0.0871. The van der Waals surface area contributed by atoms with E-state index in [9.17, 15) is 4.79 Å². The van der Waals surface area contributed by atoms with Crippen LogP contribution in [-0.4, -0.2) is 20.2 Å². The number of halogens is 1. The normalized spacial score (nSPS) is 10.1. The maximum atomic E-state index is 11.1. The van der Waals surface area contributed by atoms with Gasteiger partial charge in [-0.05, 0) is 6.07 Å². The highest BCUT2D eigenvalue weighted by Gasteiger charge is 2.04. The largest absolute Gasteiger partial charge is 0.377 e. The van der Waals surface area contributed by atoms with Crippen molar-refractivity contribution in [3.05, 3.63) is 45.9 Å². The molecule has 0 spiro atoms. The van der Waals surface area contributed by atoms with E-state index in [0.29, 0.717) is 12.2 Å². The molecule has 82 valence electrons. The standard InChI is InChI=1S/C9H8ClN5O/c10-8-7(4-14-15-9(8)16)12-3-6-1-2-11-5-13-6/h1-2,4-5H,3H2,(H2,12,15,16). The zero-order valence-corrected chi connectivity index (χ0v) is 8.90. The summed E-state index contributed by atoms with van der Waals surface area (Å²) in [7, 11) is 0. The molecule has 0 saturated carbocycles. The first-order valence-electron chi connectivity index (χ1n) is 4.49. The van der Waals surface area contributed by atoms with E-state index in [2.05, 4.69) is 25.5 Å². The van der Waals surface area contributed by atoms with Crippen LogP contribution in [0.2, 0.25) is 5.02 Å². The molecule has 0 aromatic carbocycles. The van der Waals surface area contributed by atoms with Crippen molar-refractivity contribution in [3.63, 3.8) is 0 Å². The highest BCUT2D eigenvalue weighted by molar-refractivity contribution is 6.32. The number of aromatic nitrogens is 4. The van der Waals surface area contributed by atoms with E-state index in [4.69, 9.17) is 11.6 Å². The van der Waals surface area contributed by atoms with Gasteiger partial charge in [0.1, 0.15) is 11.3 Å². The van der Waals surface area contributed by atoms with Gasteiger partial charge in [-0.3, -0.25) is 4.79 Å². The average Bonchev–Trinajstić information content (AvgIpc) is 2.32. The SMILES string of the molecule is O=c1[nH]ncc(NCc2ccncn2)c1Cl. The fourth-order valence-electron chi connectivity index (χ4n) is 1.12. The molecule has 0 aliphatic heterocycles. The number of H-pyrrole nitrogens is 1. The molecule has 0 saturated heterocycles. The Morgan fingerprint density at radius 1 is 1.50 bits per heavy atom. The molecule has 2 N–H and O–H groups in total. The molecule has 7 heteroatoms. The summed E-state index contributed by atoms with van der Waals surface area (Å²) in [5.74, 6) is 0. The van der Waals surface area contributed by atoms with E-state index in [1.165, 1.54) is 12.5 Å². The van der Waals surface area contributed by atoms with Crippen molar-refractivity contribution in [3.8, 4) is 0 Å². The van der Waals surface area contributed by atoms with Gasteiger partial charge in [0.25, 0.3) is 5.56 Å². The first kappa shape index (κ1) is 10.6. The first-order valence-corrected chi connectivity index (χ1v) is 4.87. The van der Waals surface area contributed by atoms with Crippen LogP contribution in [0.1, 0.15) is 5.69 Å². The number of anilines is 1. The fourth-order valence-corrected chi connectivity index (χ4v) is 1.27. The van der Waals surface area contributed by atoms with Crippen molar-refractivity contribution < 1.29 is 0 Å². The predicted octanol–water partition coefficient (Wildman–Crippen LogP) is 0.825. The molecule has 0 aliphatic carbocycles. The lowest BCUT2D eigenvalue weighted by atomic mass is 10.4. The van der Waals surface area contributed by atoms with Crippen molar-refractivity contribution in [2.24, 2.45) is 0 Å². The number of aromatic amines is 1. The van der Waals surface area contributed by atoms with E-state index in [1.807, 2.05) is 0 Å². The molecule has 0 radical (unpaired) electrons. The Hall–Kier alpha value is -1.95. The summed E-state index contributed by atoms with van der Waals surface area (Å²) in [5, 5.41) is 8.93. The van der Waals surface area contributed by atoms with Crippen LogP contribution in [0.5, 0.6) is 0 Å². The maximum Gasteiger partial charge on any atom is 0.285 e. The Balaban J connectivity index is 2.11. The van der Waals surface area contributed by atoms with Gasteiger partial charge >= 0.3 is 0 Å². The Bertz CT molecular complexity index is 527. The molecule has 0 unspecified atom stereocenters. The molecule has 6 nitrogen and oxygen atoms in total. The summed E-state index contributed by atoms with van der Waals surface area (Å²) in [5.41, 5.74) is 0.852. The van der Waals surface area contributed by atoms with E-state index in [-0.39, 0.29) is 5.02 Å². The quantitative estimate of drug-likeness (QED) is 0.826. The third-order valence-corrected chi connectivity index (χ3v) is 2.27. The molecule has 16 heavy (non-hydrogen) atoms. The monoisotopic (exact) mass is 237 g/mol. The predicted molar refractivity (Wildman–Crippen MR) is 59.2 cm³/mol. The highest BCUT2D eigenvalue weighted by Crippen LogP contribution is 2.14. The Morgan fingerprint density at radius 3 is 3.12 bits per heavy atom. The van der Waals surface area contributed by atoms with E-state index in [1.54, 1.807) is 12.3 Å². The lowest BCUT2D eigenvalue weighted by Gasteiger charge is -2.05. The lowest BCUT2D eigenvalue weighted by Crippen LogP contribution is -2.12. The molecule has 0 atom stereocenters. The van der Waals surface area contributed by atoms with E-state index in [0.717, 1.165) is 5.69 Å². The van der Waals surface area contributed by atoms with Crippen molar-refractivity contribution in [1.82, 2.24) is 20.2 Å². The van der Waals surface area contributed by atoms with Crippen LogP contribution in [0.4, 0.5) is 5.69 Å². The molecule has 2 heterocycles. The summed E-state index contributed by atoms with van der Waals surface area (Å²) in [4.78, 5) is 19.0. The van der Waals surface area contributed by atoms with Crippen LogP contribution in [0.3, 0.4) is 0 Å². The van der Waals surface area contributed by atoms with Gasteiger partial charge in [-0.2, -0.15) is 5.10 Å². The number of nitrogens with zero attached hydrogens (tertiary/aromatic N) is 3. The van der Waals surface area contributed by atoms with Crippen LogP contribution >= 0.6 is 11.6 Å².